The number of nitriles is 1. The molecule has 1 N–H and O–H groups in total. The second kappa shape index (κ2) is 7.93. The molecule has 0 saturated heterocycles. The van der Waals surface area contributed by atoms with Crippen LogP contribution in [-0.2, 0) is 9.53 Å². The maximum Gasteiger partial charge on any atom is 0.338 e. The first-order valence-corrected chi connectivity index (χ1v) is 7.56. The number of rotatable bonds is 5. The van der Waals surface area contributed by atoms with Crippen LogP contribution in [0.2, 0.25) is 0 Å². The van der Waals surface area contributed by atoms with Crippen LogP contribution < -0.4 is 5.32 Å². The Hall–Kier alpha value is -3.13. The van der Waals surface area contributed by atoms with Crippen LogP contribution >= 0.6 is 0 Å². The molecule has 2 rings (SSSR count). The van der Waals surface area contributed by atoms with Gasteiger partial charge in [-0.2, -0.15) is 5.26 Å². The Bertz CT molecular complexity index is 757. The molecule has 0 aliphatic heterocycles. The predicted molar refractivity (Wildman–Crippen MR) is 90.6 cm³/mol. The molecule has 0 heterocycles. The Morgan fingerprint density at radius 1 is 1.08 bits per heavy atom. The number of carbonyl (C=O) groups excluding carboxylic acids is 2. The maximum atomic E-state index is 11.9. The molecule has 2 aromatic carbocycles. The molecular formula is C19H18N2O3. The number of esters is 1. The molecule has 0 aliphatic carbocycles. The van der Waals surface area contributed by atoms with Crippen LogP contribution in [0.3, 0.4) is 0 Å². The zero-order chi connectivity index (χ0) is 17.5. The van der Waals surface area contributed by atoms with Crippen molar-refractivity contribution >= 4 is 17.6 Å². The van der Waals surface area contributed by atoms with Gasteiger partial charge in [-0.1, -0.05) is 26.0 Å². The van der Waals surface area contributed by atoms with Crippen LogP contribution in [0, 0.1) is 11.3 Å². The molecule has 5 heteroatoms. The number of hydrogen-bond acceptors (Lipinski definition) is 4. The zero-order valence-corrected chi connectivity index (χ0v) is 13.6. The summed E-state index contributed by atoms with van der Waals surface area (Å²) in [5.41, 5.74) is 2.58. The summed E-state index contributed by atoms with van der Waals surface area (Å²) < 4.78 is 5.00. The summed E-state index contributed by atoms with van der Waals surface area (Å²) in [5, 5.41) is 11.3. The first-order chi connectivity index (χ1) is 11.5. The van der Waals surface area contributed by atoms with Crippen LogP contribution in [0.25, 0.3) is 0 Å². The van der Waals surface area contributed by atoms with Crippen molar-refractivity contribution in [2.24, 2.45) is 0 Å². The van der Waals surface area contributed by atoms with Gasteiger partial charge in [0.25, 0.3) is 5.91 Å². The molecule has 0 atom stereocenters. The lowest BCUT2D eigenvalue weighted by Gasteiger charge is -2.08. The smallest absolute Gasteiger partial charge is 0.338 e. The normalized spacial score (nSPS) is 10.1. The molecule has 24 heavy (non-hydrogen) atoms. The predicted octanol–water partition coefficient (Wildman–Crippen LogP) is 3.48. The number of anilines is 1. The van der Waals surface area contributed by atoms with E-state index in [-0.39, 0.29) is 6.61 Å². The van der Waals surface area contributed by atoms with Crippen LogP contribution in [0.5, 0.6) is 0 Å². The van der Waals surface area contributed by atoms with Gasteiger partial charge in [0.1, 0.15) is 0 Å². The molecule has 122 valence electrons. The van der Waals surface area contributed by atoms with Gasteiger partial charge in [-0.3, -0.25) is 4.79 Å². The average molecular weight is 322 g/mol. The Morgan fingerprint density at radius 3 is 2.25 bits per heavy atom. The molecule has 0 saturated carbocycles. The standard InChI is InChI=1S/C19H18N2O3/c1-13(2)15-5-7-16(8-6-15)19(23)24-12-18(22)21-17-9-3-14(11-20)4-10-17/h3-10,13H,12H2,1-2H3,(H,21,22). The minimum absolute atomic E-state index is 0.370. The van der Waals surface area contributed by atoms with Gasteiger partial charge in [0.05, 0.1) is 17.2 Å². The molecule has 1 amide bonds. The highest BCUT2D eigenvalue weighted by Gasteiger charge is 2.11. The largest absolute Gasteiger partial charge is 0.452 e. The summed E-state index contributed by atoms with van der Waals surface area (Å²) in [6.45, 7) is 3.77. The van der Waals surface area contributed by atoms with Crippen molar-refractivity contribution in [3.8, 4) is 6.07 Å². The number of benzene rings is 2. The summed E-state index contributed by atoms with van der Waals surface area (Å²) in [4.78, 5) is 23.7. The van der Waals surface area contributed by atoms with E-state index in [4.69, 9.17) is 10.00 Å². The van der Waals surface area contributed by atoms with Gasteiger partial charge >= 0.3 is 5.97 Å². The van der Waals surface area contributed by atoms with Crippen molar-refractivity contribution in [2.75, 3.05) is 11.9 Å². The van der Waals surface area contributed by atoms with E-state index in [2.05, 4.69) is 19.2 Å². The molecule has 2 aromatic rings. The number of nitrogens with zero attached hydrogens (tertiary/aromatic N) is 1. The van der Waals surface area contributed by atoms with E-state index in [0.29, 0.717) is 22.7 Å². The molecule has 0 radical (unpaired) electrons. The summed E-state index contributed by atoms with van der Waals surface area (Å²) in [6, 6.07) is 15.5. The minimum atomic E-state index is -0.541. The first kappa shape index (κ1) is 17.2. The molecule has 0 bridgehead atoms. The van der Waals surface area contributed by atoms with Gasteiger partial charge in [-0.25, -0.2) is 4.79 Å². The Morgan fingerprint density at radius 2 is 1.71 bits per heavy atom. The third-order valence-electron chi connectivity index (χ3n) is 3.45. The van der Waals surface area contributed by atoms with Crippen molar-refractivity contribution in [3.63, 3.8) is 0 Å². The fourth-order valence-corrected chi connectivity index (χ4v) is 2.04. The monoisotopic (exact) mass is 322 g/mol. The highest BCUT2D eigenvalue weighted by atomic mass is 16.5. The van der Waals surface area contributed by atoms with E-state index in [1.165, 1.54) is 0 Å². The average Bonchev–Trinajstić information content (AvgIpc) is 2.60. The Balaban J connectivity index is 1.86. The van der Waals surface area contributed by atoms with E-state index in [0.717, 1.165) is 5.56 Å². The SMILES string of the molecule is CC(C)c1ccc(C(=O)OCC(=O)Nc2ccc(C#N)cc2)cc1. The number of nitrogens with one attached hydrogen (secondary N) is 1. The number of ether oxygens (including phenoxy) is 1. The summed E-state index contributed by atoms with van der Waals surface area (Å²) in [6.07, 6.45) is 0. The minimum Gasteiger partial charge on any atom is -0.452 e. The third-order valence-corrected chi connectivity index (χ3v) is 3.45. The summed E-state index contributed by atoms with van der Waals surface area (Å²) in [5.74, 6) is -0.597. The summed E-state index contributed by atoms with van der Waals surface area (Å²) >= 11 is 0. The van der Waals surface area contributed by atoms with Crippen LogP contribution in [-0.4, -0.2) is 18.5 Å². The van der Waals surface area contributed by atoms with E-state index in [1.807, 2.05) is 18.2 Å². The molecule has 0 spiro atoms. The van der Waals surface area contributed by atoms with Crippen molar-refractivity contribution < 1.29 is 14.3 Å². The van der Waals surface area contributed by atoms with Gasteiger partial charge in [-0.05, 0) is 47.9 Å². The first-order valence-electron chi connectivity index (χ1n) is 7.56. The van der Waals surface area contributed by atoms with Crippen molar-refractivity contribution in [3.05, 3.63) is 65.2 Å². The molecule has 5 nitrogen and oxygen atoms in total. The van der Waals surface area contributed by atoms with E-state index in [1.54, 1.807) is 36.4 Å². The molecule has 0 aromatic heterocycles. The van der Waals surface area contributed by atoms with Crippen molar-refractivity contribution in [1.29, 1.82) is 5.26 Å². The molecular weight excluding hydrogens is 304 g/mol. The van der Waals surface area contributed by atoms with E-state index >= 15 is 0 Å². The van der Waals surface area contributed by atoms with Gasteiger partial charge in [0.15, 0.2) is 6.61 Å². The molecule has 0 fully saturated rings. The second-order valence-corrected chi connectivity index (χ2v) is 5.59. The van der Waals surface area contributed by atoms with Crippen LogP contribution in [0.1, 0.15) is 41.3 Å². The highest BCUT2D eigenvalue weighted by Crippen LogP contribution is 2.15. The van der Waals surface area contributed by atoms with E-state index < -0.39 is 11.9 Å². The van der Waals surface area contributed by atoms with Crippen molar-refractivity contribution in [2.45, 2.75) is 19.8 Å². The lowest BCUT2D eigenvalue weighted by molar-refractivity contribution is -0.119. The second-order valence-electron chi connectivity index (χ2n) is 5.59. The Labute approximate surface area is 140 Å². The van der Waals surface area contributed by atoms with E-state index in [9.17, 15) is 9.59 Å². The van der Waals surface area contributed by atoms with Crippen LogP contribution in [0.4, 0.5) is 5.69 Å². The van der Waals surface area contributed by atoms with Crippen molar-refractivity contribution in [1.82, 2.24) is 0 Å². The molecule has 0 unspecified atom stereocenters. The zero-order valence-electron chi connectivity index (χ0n) is 13.6. The van der Waals surface area contributed by atoms with Gasteiger partial charge in [0, 0.05) is 5.69 Å². The number of amides is 1. The maximum absolute atomic E-state index is 11.9. The fourth-order valence-electron chi connectivity index (χ4n) is 2.04. The van der Waals surface area contributed by atoms with Gasteiger partial charge in [-0.15, -0.1) is 0 Å². The topological polar surface area (TPSA) is 79.2 Å². The van der Waals surface area contributed by atoms with Gasteiger partial charge < -0.3 is 10.1 Å². The number of carbonyl (C=O) groups is 2. The lowest BCUT2D eigenvalue weighted by Crippen LogP contribution is -2.20. The van der Waals surface area contributed by atoms with Crippen LogP contribution in [0.15, 0.2) is 48.5 Å². The molecule has 0 aliphatic rings. The fraction of sp³-hybridized carbons (Fsp3) is 0.211. The summed E-state index contributed by atoms with van der Waals surface area (Å²) in [7, 11) is 0. The quantitative estimate of drug-likeness (QED) is 0.855. The third kappa shape index (κ3) is 4.68. The lowest BCUT2D eigenvalue weighted by atomic mass is 10.0. The Kier molecular flexibility index (Phi) is 5.69. The van der Waals surface area contributed by atoms with Gasteiger partial charge in [0.2, 0.25) is 0 Å². The number of hydrogen-bond donors (Lipinski definition) is 1. The highest BCUT2D eigenvalue weighted by molar-refractivity contribution is 5.95.